The first-order valence-corrected chi connectivity index (χ1v) is 16.3. The number of carbonyl (C=O) groups excluding carboxylic acids is 2. The lowest BCUT2D eigenvalue weighted by Gasteiger charge is -2.35. The van der Waals surface area contributed by atoms with Gasteiger partial charge >= 0.3 is 0 Å². The zero-order valence-corrected chi connectivity index (χ0v) is 26.4. The van der Waals surface area contributed by atoms with E-state index < -0.39 is 0 Å². The molecule has 0 spiro atoms. The van der Waals surface area contributed by atoms with Crippen molar-refractivity contribution in [1.29, 1.82) is 0 Å². The fourth-order valence-electron chi connectivity index (χ4n) is 5.12. The van der Waals surface area contributed by atoms with Crippen molar-refractivity contribution in [3.05, 3.63) is 25.3 Å². The van der Waals surface area contributed by atoms with E-state index in [1.807, 2.05) is 0 Å². The zero-order valence-electron chi connectivity index (χ0n) is 26.4. The van der Waals surface area contributed by atoms with Gasteiger partial charge in [0.2, 0.25) is 0 Å². The molecule has 228 valence electrons. The second-order valence-corrected chi connectivity index (χ2v) is 12.2. The molecule has 0 amide bonds. The summed E-state index contributed by atoms with van der Waals surface area (Å²) in [5.74, 6) is 0.912. The summed E-state index contributed by atoms with van der Waals surface area (Å²) in [4.78, 5) is 23.3. The normalized spacial score (nSPS) is 13.2. The first-order valence-electron chi connectivity index (χ1n) is 16.3. The molecule has 0 bridgehead atoms. The molecule has 0 aliphatic heterocycles. The summed E-state index contributed by atoms with van der Waals surface area (Å²) in [6, 6.07) is 0. The van der Waals surface area contributed by atoms with Gasteiger partial charge < -0.3 is 9.47 Å². The highest BCUT2D eigenvalue weighted by molar-refractivity contribution is 5.89. The van der Waals surface area contributed by atoms with Crippen LogP contribution in [-0.4, -0.2) is 38.0 Å². The molecule has 0 fully saturated rings. The van der Waals surface area contributed by atoms with Gasteiger partial charge in [-0.3, -0.25) is 9.59 Å². The SMILES string of the molecule is C=CC(=O)CCC(C)COCC(CCCCCCCC)(CCCCCCCC)COCC(C)CCC(=O)C=C. The van der Waals surface area contributed by atoms with Crippen LogP contribution in [0, 0.1) is 17.3 Å². The molecule has 0 aliphatic carbocycles. The monoisotopic (exact) mass is 548 g/mol. The molecule has 4 nitrogen and oxygen atoms in total. The van der Waals surface area contributed by atoms with Crippen LogP contribution in [0.15, 0.2) is 25.3 Å². The molecule has 0 aromatic carbocycles. The maximum atomic E-state index is 11.6. The Morgan fingerprint density at radius 1 is 0.641 bits per heavy atom. The highest BCUT2D eigenvalue weighted by Crippen LogP contribution is 2.34. The van der Waals surface area contributed by atoms with E-state index >= 15 is 0 Å². The topological polar surface area (TPSA) is 52.6 Å². The minimum absolute atomic E-state index is 0.0306. The van der Waals surface area contributed by atoms with Gasteiger partial charge in [0.1, 0.15) is 0 Å². The summed E-state index contributed by atoms with van der Waals surface area (Å²) < 4.78 is 12.8. The molecule has 39 heavy (non-hydrogen) atoms. The summed E-state index contributed by atoms with van der Waals surface area (Å²) >= 11 is 0. The van der Waals surface area contributed by atoms with Crippen LogP contribution < -0.4 is 0 Å². The first kappa shape index (κ1) is 37.7. The minimum atomic E-state index is 0.0306. The predicted molar refractivity (Wildman–Crippen MR) is 167 cm³/mol. The van der Waals surface area contributed by atoms with Crippen molar-refractivity contribution in [1.82, 2.24) is 0 Å². The summed E-state index contributed by atoms with van der Waals surface area (Å²) in [6.45, 7) is 18.8. The molecule has 2 atom stereocenters. The van der Waals surface area contributed by atoms with E-state index in [-0.39, 0.29) is 17.0 Å². The Hall–Kier alpha value is -1.26. The molecule has 4 heteroatoms. The number of allylic oxidation sites excluding steroid dienone is 2. The van der Waals surface area contributed by atoms with Crippen molar-refractivity contribution >= 4 is 11.6 Å². The third-order valence-corrected chi connectivity index (χ3v) is 7.96. The molecule has 0 saturated carbocycles. The third kappa shape index (κ3) is 22.2. The maximum Gasteiger partial charge on any atom is 0.155 e. The summed E-state index contributed by atoms with van der Waals surface area (Å²) in [6.07, 6.45) is 23.4. The minimum Gasteiger partial charge on any atom is -0.381 e. The number of hydrogen-bond acceptors (Lipinski definition) is 4. The quantitative estimate of drug-likeness (QED) is 0.0662. The average molecular weight is 549 g/mol. The van der Waals surface area contributed by atoms with E-state index in [4.69, 9.17) is 9.47 Å². The van der Waals surface area contributed by atoms with E-state index in [0.717, 1.165) is 38.9 Å². The predicted octanol–water partition coefficient (Wildman–Crippen LogP) is 9.85. The Balaban J connectivity index is 5.17. The number of ketones is 2. The van der Waals surface area contributed by atoms with Crippen molar-refractivity contribution in [2.24, 2.45) is 17.3 Å². The van der Waals surface area contributed by atoms with Crippen LogP contribution in [0.2, 0.25) is 0 Å². The number of ether oxygens (including phenoxy) is 2. The third-order valence-electron chi connectivity index (χ3n) is 7.96. The molecule has 0 aliphatic rings. The second kappa shape index (κ2) is 25.7. The van der Waals surface area contributed by atoms with E-state index in [1.165, 1.54) is 89.2 Å². The first-order chi connectivity index (χ1) is 18.8. The van der Waals surface area contributed by atoms with E-state index in [0.29, 0.717) is 37.9 Å². The van der Waals surface area contributed by atoms with Crippen LogP contribution in [0.1, 0.15) is 143 Å². The van der Waals surface area contributed by atoms with Crippen LogP contribution in [0.3, 0.4) is 0 Å². The highest BCUT2D eigenvalue weighted by Gasteiger charge is 2.31. The smallest absolute Gasteiger partial charge is 0.155 e. The van der Waals surface area contributed by atoms with Gasteiger partial charge in [-0.1, -0.05) is 118 Å². The van der Waals surface area contributed by atoms with Crippen molar-refractivity contribution in [2.75, 3.05) is 26.4 Å². The van der Waals surface area contributed by atoms with Gasteiger partial charge in [0.15, 0.2) is 11.6 Å². The fraction of sp³-hybridized carbons (Fsp3) is 0.829. The van der Waals surface area contributed by atoms with Crippen molar-refractivity contribution in [3.63, 3.8) is 0 Å². The van der Waals surface area contributed by atoms with Crippen molar-refractivity contribution in [3.8, 4) is 0 Å². The van der Waals surface area contributed by atoms with Gasteiger partial charge in [0.05, 0.1) is 13.2 Å². The molecule has 0 radical (unpaired) electrons. The number of rotatable bonds is 30. The Bertz CT molecular complexity index is 572. The Morgan fingerprint density at radius 3 is 1.36 bits per heavy atom. The van der Waals surface area contributed by atoms with Crippen molar-refractivity contribution in [2.45, 2.75) is 143 Å². The fourth-order valence-corrected chi connectivity index (χ4v) is 5.12. The molecule has 0 N–H and O–H groups in total. The van der Waals surface area contributed by atoms with Gasteiger partial charge in [-0.05, 0) is 49.7 Å². The number of unbranched alkanes of at least 4 members (excludes halogenated alkanes) is 10. The van der Waals surface area contributed by atoms with Crippen LogP contribution in [-0.2, 0) is 19.1 Å². The summed E-state index contributed by atoms with van der Waals surface area (Å²) in [7, 11) is 0. The lowest BCUT2D eigenvalue weighted by Crippen LogP contribution is -2.34. The van der Waals surface area contributed by atoms with Crippen molar-refractivity contribution < 1.29 is 19.1 Å². The van der Waals surface area contributed by atoms with Crippen LogP contribution in [0.25, 0.3) is 0 Å². The molecular formula is C35H64O4. The van der Waals surface area contributed by atoms with Gasteiger partial charge in [-0.15, -0.1) is 0 Å². The van der Waals surface area contributed by atoms with E-state index in [2.05, 4.69) is 40.9 Å². The molecule has 0 rings (SSSR count). The van der Waals surface area contributed by atoms with E-state index in [9.17, 15) is 9.59 Å². The summed E-state index contributed by atoms with van der Waals surface area (Å²) in [5, 5.41) is 0. The van der Waals surface area contributed by atoms with Crippen LogP contribution in [0.5, 0.6) is 0 Å². The maximum absolute atomic E-state index is 11.6. The number of carbonyl (C=O) groups is 2. The molecular weight excluding hydrogens is 484 g/mol. The highest BCUT2D eigenvalue weighted by atomic mass is 16.5. The van der Waals surface area contributed by atoms with Gasteiger partial charge in [-0.25, -0.2) is 0 Å². The molecule has 0 saturated heterocycles. The lowest BCUT2D eigenvalue weighted by molar-refractivity contribution is -0.115. The Labute approximate surface area is 242 Å². The molecule has 0 heterocycles. The molecule has 0 aromatic rings. The van der Waals surface area contributed by atoms with Gasteiger partial charge in [0, 0.05) is 31.5 Å². The molecule has 2 unspecified atom stereocenters. The largest absolute Gasteiger partial charge is 0.381 e. The van der Waals surface area contributed by atoms with Gasteiger partial charge in [0.25, 0.3) is 0 Å². The van der Waals surface area contributed by atoms with Crippen LogP contribution in [0.4, 0.5) is 0 Å². The van der Waals surface area contributed by atoms with Gasteiger partial charge in [-0.2, -0.15) is 0 Å². The average Bonchev–Trinajstić information content (AvgIpc) is 2.93. The van der Waals surface area contributed by atoms with Crippen LogP contribution >= 0.6 is 0 Å². The Kier molecular flexibility index (Phi) is 24.9. The summed E-state index contributed by atoms with van der Waals surface area (Å²) in [5.41, 5.74) is 0.0306. The lowest BCUT2D eigenvalue weighted by atomic mass is 9.79. The molecule has 0 aromatic heterocycles. The standard InChI is InChI=1S/C35H64O4/c1-7-11-13-15-17-19-25-35(26-20-18-16-14-12-8-2,29-38-27-31(5)21-23-33(36)9-3)30-39-28-32(6)22-24-34(37)10-4/h9-10,31-32H,3-4,7-8,11-30H2,1-2,5-6H3. The number of hydrogen-bond donors (Lipinski definition) is 0. The van der Waals surface area contributed by atoms with E-state index in [1.54, 1.807) is 0 Å². The zero-order chi connectivity index (χ0) is 29.2. The second-order valence-electron chi connectivity index (χ2n) is 12.2. The Morgan fingerprint density at radius 2 is 1.00 bits per heavy atom.